The Hall–Kier alpha value is -3.48. The van der Waals surface area contributed by atoms with Crippen LogP contribution in [-0.2, 0) is 27.5 Å². The smallest absolute Gasteiger partial charge is 0.417 e. The number of halogens is 4. The summed E-state index contributed by atoms with van der Waals surface area (Å²) in [7, 11) is -3.22. The van der Waals surface area contributed by atoms with Crippen LogP contribution in [0.15, 0.2) is 77.1 Å². The summed E-state index contributed by atoms with van der Waals surface area (Å²) in [4.78, 5) is 19.7. The van der Waals surface area contributed by atoms with Crippen molar-refractivity contribution in [2.75, 3.05) is 11.4 Å². The molecular weight excluding hydrogens is 551 g/mol. The van der Waals surface area contributed by atoms with Gasteiger partial charge in [0.1, 0.15) is 5.01 Å². The number of carbonyl (C=O) groups excluding carboxylic acids is 1. The van der Waals surface area contributed by atoms with Crippen molar-refractivity contribution >= 4 is 44.7 Å². The van der Waals surface area contributed by atoms with Gasteiger partial charge in [-0.15, -0.1) is 11.3 Å². The van der Waals surface area contributed by atoms with Crippen LogP contribution in [0.1, 0.15) is 21.6 Å². The molecule has 0 fully saturated rings. The number of hydrogen-bond acceptors (Lipinski definition) is 7. The number of methoxy groups -OCH3 is 1. The molecule has 0 atom stereocenters. The van der Waals surface area contributed by atoms with Crippen molar-refractivity contribution in [1.29, 1.82) is 0 Å². The number of sulfonamides is 1. The number of rotatable bonds is 7. The summed E-state index contributed by atoms with van der Waals surface area (Å²) in [6.45, 7) is -0.359. The molecule has 0 N–H and O–H groups in total. The number of thiazole rings is 1. The fourth-order valence-corrected chi connectivity index (χ4v) is 5.84. The Labute approximate surface area is 219 Å². The minimum atomic E-state index is -4.72. The van der Waals surface area contributed by atoms with Gasteiger partial charge in [0.05, 0.1) is 40.4 Å². The van der Waals surface area contributed by atoms with E-state index in [1.54, 1.807) is 5.38 Å². The SMILES string of the molecule is COC(=O)c1ccc(S(=O)(=O)N(Cc2csc(-c3ccccc3)n2)c2ncc(C(F)(F)F)cc2Cl)cc1. The first kappa shape index (κ1) is 26.6. The molecule has 4 rings (SSSR count). The second kappa shape index (κ2) is 10.5. The van der Waals surface area contributed by atoms with Gasteiger partial charge >= 0.3 is 12.1 Å². The zero-order chi connectivity index (χ0) is 26.8. The van der Waals surface area contributed by atoms with E-state index < -0.39 is 38.6 Å². The van der Waals surface area contributed by atoms with Gasteiger partial charge in [0.25, 0.3) is 10.0 Å². The van der Waals surface area contributed by atoms with E-state index in [0.717, 1.165) is 9.87 Å². The molecule has 0 unspecified atom stereocenters. The summed E-state index contributed by atoms with van der Waals surface area (Å²) in [6.07, 6.45) is -4.21. The molecule has 2 heterocycles. The molecule has 2 aromatic carbocycles. The van der Waals surface area contributed by atoms with Gasteiger partial charge in [-0.05, 0) is 30.3 Å². The van der Waals surface area contributed by atoms with E-state index in [-0.39, 0.29) is 17.0 Å². The van der Waals surface area contributed by atoms with Crippen LogP contribution in [0.2, 0.25) is 5.02 Å². The van der Waals surface area contributed by atoms with E-state index in [1.165, 1.54) is 42.7 Å². The third kappa shape index (κ3) is 5.76. The van der Waals surface area contributed by atoms with E-state index >= 15 is 0 Å². The molecular formula is C24H17ClF3N3O4S2. The number of hydrogen-bond donors (Lipinski definition) is 0. The average molecular weight is 568 g/mol. The van der Waals surface area contributed by atoms with Crippen LogP contribution in [0.25, 0.3) is 10.6 Å². The molecule has 0 aliphatic rings. The Morgan fingerprint density at radius 1 is 1.11 bits per heavy atom. The van der Waals surface area contributed by atoms with Crippen LogP contribution in [0.3, 0.4) is 0 Å². The number of alkyl halides is 3. The molecule has 7 nitrogen and oxygen atoms in total. The first-order valence-corrected chi connectivity index (χ1v) is 13.1. The quantitative estimate of drug-likeness (QED) is 0.252. The van der Waals surface area contributed by atoms with Gasteiger partial charge < -0.3 is 4.74 Å². The predicted molar refractivity (Wildman–Crippen MR) is 133 cm³/mol. The Morgan fingerprint density at radius 3 is 2.38 bits per heavy atom. The van der Waals surface area contributed by atoms with Crippen LogP contribution in [-0.4, -0.2) is 31.5 Å². The van der Waals surface area contributed by atoms with Gasteiger partial charge in [0.2, 0.25) is 0 Å². The lowest BCUT2D eigenvalue weighted by molar-refractivity contribution is -0.137. The summed E-state index contributed by atoms with van der Waals surface area (Å²) >= 11 is 7.41. The highest BCUT2D eigenvalue weighted by molar-refractivity contribution is 7.92. The Bertz CT molecular complexity index is 1530. The van der Waals surface area contributed by atoms with Gasteiger partial charge in [-0.2, -0.15) is 13.2 Å². The highest BCUT2D eigenvalue weighted by Crippen LogP contribution is 2.36. The highest BCUT2D eigenvalue weighted by atomic mass is 35.5. The molecule has 0 aliphatic heterocycles. The van der Waals surface area contributed by atoms with Crippen LogP contribution < -0.4 is 4.31 Å². The van der Waals surface area contributed by atoms with E-state index in [1.807, 2.05) is 30.3 Å². The van der Waals surface area contributed by atoms with E-state index in [0.29, 0.717) is 23.0 Å². The van der Waals surface area contributed by atoms with Gasteiger partial charge in [-0.25, -0.2) is 27.5 Å². The molecule has 0 aliphatic carbocycles. The third-order valence-electron chi connectivity index (χ3n) is 5.13. The van der Waals surface area contributed by atoms with E-state index in [2.05, 4.69) is 14.7 Å². The summed E-state index contributed by atoms with van der Waals surface area (Å²) in [5.41, 5.74) is 0.139. The summed E-state index contributed by atoms with van der Waals surface area (Å²) in [5, 5.41) is 1.76. The number of aromatic nitrogens is 2. The largest absolute Gasteiger partial charge is 0.465 e. The number of carbonyl (C=O) groups is 1. The van der Waals surface area contributed by atoms with E-state index in [4.69, 9.17) is 11.6 Å². The molecule has 4 aromatic rings. The molecule has 192 valence electrons. The van der Waals surface area contributed by atoms with Crippen molar-refractivity contribution in [3.8, 4) is 10.6 Å². The Morgan fingerprint density at radius 2 is 1.78 bits per heavy atom. The number of esters is 1. The Balaban J connectivity index is 1.77. The predicted octanol–water partition coefficient (Wildman–Crippen LogP) is 6.06. The van der Waals surface area contributed by atoms with Crippen molar-refractivity contribution in [2.24, 2.45) is 0 Å². The first-order chi connectivity index (χ1) is 17.5. The standard InChI is InChI=1S/C24H17ClF3N3O4S2/c1-35-23(32)16-7-9-19(10-8-16)37(33,34)31(21-20(25)11-17(12-29-21)24(26,27)28)13-18-14-36-22(30-18)15-5-3-2-4-6-15/h2-12,14H,13H2,1H3. The van der Waals surface area contributed by atoms with Crippen LogP contribution in [0.4, 0.5) is 19.0 Å². The van der Waals surface area contributed by atoms with Gasteiger partial charge in [0, 0.05) is 17.1 Å². The molecule has 13 heteroatoms. The molecule has 0 bridgehead atoms. The number of anilines is 1. The van der Waals surface area contributed by atoms with Crippen LogP contribution in [0.5, 0.6) is 0 Å². The molecule has 0 saturated carbocycles. The molecule has 0 amide bonds. The van der Waals surface area contributed by atoms with Crippen molar-refractivity contribution in [1.82, 2.24) is 9.97 Å². The van der Waals surface area contributed by atoms with Crippen LogP contribution in [0, 0.1) is 0 Å². The van der Waals surface area contributed by atoms with Gasteiger partial charge in [0.15, 0.2) is 5.82 Å². The van der Waals surface area contributed by atoms with Crippen molar-refractivity contribution in [3.05, 3.63) is 94.1 Å². The van der Waals surface area contributed by atoms with Crippen LogP contribution >= 0.6 is 22.9 Å². The molecule has 37 heavy (non-hydrogen) atoms. The topological polar surface area (TPSA) is 89.5 Å². The zero-order valence-electron chi connectivity index (χ0n) is 18.9. The maximum absolute atomic E-state index is 13.7. The van der Waals surface area contributed by atoms with E-state index in [9.17, 15) is 26.4 Å². The fourth-order valence-electron chi connectivity index (χ4n) is 3.29. The Kier molecular flexibility index (Phi) is 7.53. The fraction of sp³-hybridized carbons (Fsp3) is 0.125. The summed E-state index contributed by atoms with van der Waals surface area (Å²) in [6, 6.07) is 14.7. The number of ether oxygens (including phenoxy) is 1. The maximum atomic E-state index is 13.7. The maximum Gasteiger partial charge on any atom is 0.417 e. The monoisotopic (exact) mass is 567 g/mol. The van der Waals surface area contributed by atoms with Crippen molar-refractivity contribution in [2.45, 2.75) is 17.6 Å². The normalized spacial score (nSPS) is 11.8. The second-order valence-corrected chi connectivity index (χ2v) is 10.7. The number of pyridine rings is 1. The molecule has 2 aromatic heterocycles. The lowest BCUT2D eigenvalue weighted by atomic mass is 10.2. The van der Waals surface area contributed by atoms with Crippen molar-refractivity contribution in [3.63, 3.8) is 0 Å². The van der Waals surface area contributed by atoms with Crippen molar-refractivity contribution < 1.29 is 31.1 Å². The molecule has 0 saturated heterocycles. The van der Waals surface area contributed by atoms with Gasteiger partial charge in [-0.1, -0.05) is 41.9 Å². The lowest BCUT2D eigenvalue weighted by Gasteiger charge is -2.24. The molecule has 0 radical (unpaired) electrons. The average Bonchev–Trinajstić information content (AvgIpc) is 3.36. The minimum Gasteiger partial charge on any atom is -0.465 e. The zero-order valence-corrected chi connectivity index (χ0v) is 21.3. The molecule has 0 spiro atoms. The lowest BCUT2D eigenvalue weighted by Crippen LogP contribution is -2.32. The second-order valence-electron chi connectivity index (χ2n) is 7.56. The van der Waals surface area contributed by atoms with Gasteiger partial charge in [-0.3, -0.25) is 0 Å². The number of nitrogens with zero attached hydrogens (tertiary/aromatic N) is 3. The number of benzene rings is 2. The first-order valence-electron chi connectivity index (χ1n) is 10.4. The summed E-state index contributed by atoms with van der Waals surface area (Å²) in [5.74, 6) is -1.06. The minimum absolute atomic E-state index is 0.116. The summed E-state index contributed by atoms with van der Waals surface area (Å²) < 4.78 is 72.2. The highest BCUT2D eigenvalue weighted by Gasteiger charge is 2.34. The third-order valence-corrected chi connectivity index (χ3v) is 8.10.